The molecular weight excluding hydrogens is 336 g/mol. The summed E-state index contributed by atoms with van der Waals surface area (Å²) in [5.41, 5.74) is 6.38. The molecule has 0 radical (unpaired) electrons. The first kappa shape index (κ1) is 15.8. The molecule has 27 heavy (non-hydrogen) atoms. The highest BCUT2D eigenvalue weighted by Crippen LogP contribution is 2.38. The predicted octanol–water partition coefficient (Wildman–Crippen LogP) is 4.31. The molecule has 2 aliphatic rings. The van der Waals surface area contributed by atoms with Crippen LogP contribution in [0.5, 0.6) is 0 Å². The minimum Gasteiger partial charge on any atom is -0.361 e. The Morgan fingerprint density at radius 1 is 0.852 bits per heavy atom. The van der Waals surface area contributed by atoms with E-state index in [1.807, 2.05) is 30.3 Å². The van der Waals surface area contributed by atoms with Crippen molar-refractivity contribution in [3.05, 3.63) is 100 Å². The molecule has 0 fully saturated rings. The zero-order chi connectivity index (χ0) is 18.5. The largest absolute Gasteiger partial charge is 0.361 e. The van der Waals surface area contributed by atoms with Gasteiger partial charge in [0.15, 0.2) is 0 Å². The summed E-state index contributed by atoms with van der Waals surface area (Å²) in [4.78, 5) is 27.5. The Balaban J connectivity index is 1.68. The van der Waals surface area contributed by atoms with Crippen LogP contribution in [0.3, 0.4) is 0 Å². The van der Waals surface area contributed by atoms with Gasteiger partial charge in [-0.15, -0.1) is 0 Å². The molecule has 1 N–H and O–H groups in total. The summed E-state index contributed by atoms with van der Waals surface area (Å²) in [5, 5.41) is 3.48. The summed E-state index contributed by atoms with van der Waals surface area (Å²) in [6.07, 6.45) is 0.238. The highest BCUT2D eigenvalue weighted by Gasteiger charge is 2.41. The van der Waals surface area contributed by atoms with Gasteiger partial charge in [-0.2, -0.15) is 0 Å². The van der Waals surface area contributed by atoms with Crippen LogP contribution in [-0.4, -0.2) is 16.7 Å². The Morgan fingerprint density at radius 2 is 1.52 bits per heavy atom. The smallest absolute Gasteiger partial charge is 0.263 e. The van der Waals surface area contributed by atoms with Gasteiger partial charge in [0.25, 0.3) is 11.8 Å². The lowest BCUT2D eigenvalue weighted by atomic mass is 9.97. The quantitative estimate of drug-likeness (QED) is 0.663. The Bertz CT molecular complexity index is 1070. The fourth-order valence-electron chi connectivity index (χ4n) is 4.10. The topological polar surface area (TPSA) is 49.4 Å². The number of anilines is 1. The van der Waals surface area contributed by atoms with Crippen LogP contribution in [0.15, 0.2) is 66.7 Å². The van der Waals surface area contributed by atoms with Gasteiger partial charge in [-0.05, 0) is 47.4 Å². The Morgan fingerprint density at radius 3 is 2.26 bits per heavy atom. The first-order valence-corrected chi connectivity index (χ1v) is 9.05. The fourth-order valence-corrected chi connectivity index (χ4v) is 4.10. The maximum absolute atomic E-state index is 13.1. The van der Waals surface area contributed by atoms with Crippen LogP contribution in [0.2, 0.25) is 0 Å². The van der Waals surface area contributed by atoms with Gasteiger partial charge < -0.3 is 5.32 Å². The standard InChI is InChI=1S/C23H18N2O2/c1-14-7-6-12-20-19(14)13-15-8-2-3-9-16(15)21(24-20)25-22(26)17-10-4-5-11-18(17)23(25)27/h2-12,21,24H,13H2,1H3. The number of nitrogens with zero attached hydrogens (tertiary/aromatic N) is 1. The summed E-state index contributed by atoms with van der Waals surface area (Å²) >= 11 is 0. The minimum absolute atomic E-state index is 0.251. The summed E-state index contributed by atoms with van der Waals surface area (Å²) in [6.45, 7) is 2.09. The number of imide groups is 1. The molecule has 2 aliphatic heterocycles. The molecular formula is C23H18N2O2. The van der Waals surface area contributed by atoms with Gasteiger partial charge in [0, 0.05) is 12.1 Å². The van der Waals surface area contributed by atoms with Crippen LogP contribution >= 0.6 is 0 Å². The van der Waals surface area contributed by atoms with Gasteiger partial charge in [0.05, 0.1) is 11.1 Å². The first-order chi connectivity index (χ1) is 13.1. The molecule has 3 aromatic carbocycles. The lowest BCUT2D eigenvalue weighted by Gasteiger charge is -2.28. The summed E-state index contributed by atoms with van der Waals surface area (Å²) in [6, 6.07) is 21.1. The van der Waals surface area contributed by atoms with Crippen molar-refractivity contribution in [3.8, 4) is 0 Å². The van der Waals surface area contributed by atoms with E-state index in [1.54, 1.807) is 24.3 Å². The number of nitrogens with one attached hydrogen (secondary N) is 1. The van der Waals surface area contributed by atoms with Crippen molar-refractivity contribution in [2.75, 3.05) is 5.32 Å². The van der Waals surface area contributed by atoms with Crippen LogP contribution in [-0.2, 0) is 6.42 Å². The van der Waals surface area contributed by atoms with E-state index in [9.17, 15) is 9.59 Å². The average molecular weight is 354 g/mol. The second-order valence-corrected chi connectivity index (χ2v) is 7.05. The predicted molar refractivity (Wildman–Crippen MR) is 104 cm³/mol. The number of amides is 2. The van der Waals surface area contributed by atoms with E-state index in [0.717, 1.165) is 23.2 Å². The Labute approximate surface area is 157 Å². The maximum atomic E-state index is 13.1. The van der Waals surface area contributed by atoms with Crippen molar-refractivity contribution in [2.45, 2.75) is 19.5 Å². The van der Waals surface area contributed by atoms with Crippen LogP contribution in [0.25, 0.3) is 0 Å². The molecule has 2 heterocycles. The number of benzene rings is 3. The Kier molecular flexibility index (Phi) is 3.41. The highest BCUT2D eigenvalue weighted by molar-refractivity contribution is 6.21. The summed E-state index contributed by atoms with van der Waals surface area (Å²) in [5.74, 6) is -0.502. The molecule has 0 saturated heterocycles. The zero-order valence-corrected chi connectivity index (χ0v) is 14.9. The van der Waals surface area contributed by atoms with Gasteiger partial charge in [0.1, 0.15) is 6.17 Å². The van der Waals surface area contributed by atoms with Crippen LogP contribution in [0.4, 0.5) is 5.69 Å². The van der Waals surface area contributed by atoms with E-state index in [-0.39, 0.29) is 11.8 Å². The monoisotopic (exact) mass is 354 g/mol. The molecule has 0 bridgehead atoms. The van der Waals surface area contributed by atoms with Gasteiger partial charge in [0.2, 0.25) is 0 Å². The van der Waals surface area contributed by atoms with E-state index < -0.39 is 6.17 Å². The van der Waals surface area contributed by atoms with Crippen molar-refractivity contribution in [1.29, 1.82) is 0 Å². The SMILES string of the molecule is Cc1cccc2c1Cc1ccccc1C(N1C(=O)c3ccccc3C1=O)N2. The van der Waals surface area contributed by atoms with E-state index in [4.69, 9.17) is 0 Å². The van der Waals surface area contributed by atoms with Crippen LogP contribution < -0.4 is 5.32 Å². The summed E-state index contributed by atoms with van der Waals surface area (Å²) in [7, 11) is 0. The van der Waals surface area contributed by atoms with Gasteiger partial charge in [-0.1, -0.05) is 48.5 Å². The zero-order valence-electron chi connectivity index (χ0n) is 14.9. The van der Waals surface area contributed by atoms with Gasteiger partial charge >= 0.3 is 0 Å². The number of carbonyl (C=O) groups excluding carboxylic acids is 2. The number of hydrogen-bond donors (Lipinski definition) is 1. The summed E-state index contributed by atoms with van der Waals surface area (Å²) < 4.78 is 0. The van der Waals surface area contributed by atoms with Crippen molar-refractivity contribution in [3.63, 3.8) is 0 Å². The fraction of sp³-hybridized carbons (Fsp3) is 0.130. The van der Waals surface area contributed by atoms with Crippen LogP contribution in [0, 0.1) is 6.92 Å². The molecule has 1 unspecified atom stereocenters. The second-order valence-electron chi connectivity index (χ2n) is 7.05. The third-order valence-electron chi connectivity index (χ3n) is 5.50. The minimum atomic E-state index is -0.531. The van der Waals surface area contributed by atoms with Crippen molar-refractivity contribution in [1.82, 2.24) is 4.90 Å². The molecule has 132 valence electrons. The number of carbonyl (C=O) groups is 2. The lowest BCUT2D eigenvalue weighted by molar-refractivity contribution is 0.0601. The molecule has 3 aromatic rings. The number of rotatable bonds is 1. The maximum Gasteiger partial charge on any atom is 0.263 e. The number of hydrogen-bond acceptors (Lipinski definition) is 3. The van der Waals surface area contributed by atoms with E-state index in [1.165, 1.54) is 16.0 Å². The molecule has 5 rings (SSSR count). The first-order valence-electron chi connectivity index (χ1n) is 9.05. The second kappa shape index (κ2) is 5.81. The molecule has 0 spiro atoms. The third kappa shape index (κ3) is 2.30. The molecule has 4 heteroatoms. The number of fused-ring (bicyclic) bond motifs is 3. The molecule has 4 nitrogen and oxygen atoms in total. The molecule has 0 aromatic heterocycles. The Hall–Kier alpha value is -3.40. The highest BCUT2D eigenvalue weighted by atomic mass is 16.2. The molecule has 1 atom stereocenters. The van der Waals surface area contributed by atoms with Crippen molar-refractivity contribution in [2.24, 2.45) is 0 Å². The van der Waals surface area contributed by atoms with Crippen LogP contribution in [0.1, 0.15) is 49.1 Å². The van der Waals surface area contributed by atoms with Gasteiger partial charge in [-0.25, -0.2) is 4.90 Å². The number of aryl methyl sites for hydroxylation is 1. The van der Waals surface area contributed by atoms with Crippen molar-refractivity contribution < 1.29 is 9.59 Å². The normalized spacial score (nSPS) is 17.7. The lowest BCUT2D eigenvalue weighted by Crippen LogP contribution is -2.38. The van der Waals surface area contributed by atoms with Crippen molar-refractivity contribution >= 4 is 17.5 Å². The van der Waals surface area contributed by atoms with E-state index in [2.05, 4.69) is 24.4 Å². The molecule has 2 amide bonds. The average Bonchev–Trinajstić information content (AvgIpc) is 2.84. The van der Waals surface area contributed by atoms with Gasteiger partial charge in [-0.3, -0.25) is 9.59 Å². The third-order valence-corrected chi connectivity index (χ3v) is 5.50. The van der Waals surface area contributed by atoms with E-state index in [0.29, 0.717) is 11.1 Å². The molecule has 0 aliphatic carbocycles. The molecule has 0 saturated carbocycles. The van der Waals surface area contributed by atoms with E-state index >= 15 is 0 Å².